The van der Waals surface area contributed by atoms with E-state index in [9.17, 15) is 19.7 Å². The van der Waals surface area contributed by atoms with Gasteiger partial charge in [0.25, 0.3) is 6.20 Å². The van der Waals surface area contributed by atoms with Gasteiger partial charge in [0.2, 0.25) is 5.78 Å². The number of nitro groups is 1. The van der Waals surface area contributed by atoms with Gasteiger partial charge in [-0.1, -0.05) is 30.3 Å². The summed E-state index contributed by atoms with van der Waals surface area (Å²) >= 11 is 0. The van der Waals surface area contributed by atoms with E-state index in [0.29, 0.717) is 0 Å². The summed E-state index contributed by atoms with van der Waals surface area (Å²) in [6.07, 6.45) is 0.192. The zero-order valence-corrected chi connectivity index (χ0v) is 7.99. The van der Waals surface area contributed by atoms with Crippen molar-refractivity contribution in [2.75, 3.05) is 0 Å². The van der Waals surface area contributed by atoms with Crippen LogP contribution < -0.4 is 0 Å². The highest BCUT2D eigenvalue weighted by Gasteiger charge is 2.22. The molecule has 6 nitrogen and oxygen atoms in total. The van der Waals surface area contributed by atoms with E-state index in [-0.39, 0.29) is 11.8 Å². The molecule has 6 heteroatoms. The van der Waals surface area contributed by atoms with Crippen molar-refractivity contribution in [1.29, 1.82) is 0 Å². The summed E-state index contributed by atoms with van der Waals surface area (Å²) in [5, 5.41) is 18.8. The minimum atomic E-state index is -1.62. The van der Waals surface area contributed by atoms with Crippen LogP contribution in [0.1, 0.15) is 10.4 Å². The lowest BCUT2D eigenvalue weighted by Gasteiger charge is -1.98. The predicted octanol–water partition coefficient (Wildman–Crippen LogP) is 1.11. The zero-order valence-electron chi connectivity index (χ0n) is 7.99. The average Bonchev–Trinajstić information content (AvgIpc) is 2.25. The van der Waals surface area contributed by atoms with Crippen LogP contribution in [0.25, 0.3) is 0 Å². The van der Waals surface area contributed by atoms with Crippen LogP contribution in [0.2, 0.25) is 0 Å². The molecule has 1 aromatic rings. The Bertz CT molecular complexity index is 463. The van der Waals surface area contributed by atoms with E-state index in [0.717, 1.165) is 0 Å². The Morgan fingerprint density at radius 3 is 2.25 bits per heavy atom. The van der Waals surface area contributed by atoms with E-state index in [1.807, 2.05) is 0 Å². The normalized spacial score (nSPS) is 10.9. The van der Waals surface area contributed by atoms with E-state index in [1.54, 1.807) is 18.2 Å². The fourth-order valence-electron chi connectivity index (χ4n) is 1.06. The summed E-state index contributed by atoms with van der Waals surface area (Å²) in [7, 11) is 0. The second-order valence-electron chi connectivity index (χ2n) is 2.83. The first-order valence-electron chi connectivity index (χ1n) is 4.20. The molecule has 82 valence electrons. The number of ketones is 1. The molecule has 0 aliphatic heterocycles. The van der Waals surface area contributed by atoms with Crippen LogP contribution in [-0.2, 0) is 4.79 Å². The SMILES string of the molecule is O=C(O)C(=C[N+](=O)[O-])C(=O)c1ccccc1. The number of carbonyl (C=O) groups is 2. The fourth-order valence-corrected chi connectivity index (χ4v) is 1.06. The van der Waals surface area contributed by atoms with Crippen LogP contribution in [0, 0.1) is 10.1 Å². The molecule has 0 aliphatic rings. The van der Waals surface area contributed by atoms with Crippen LogP contribution in [0.3, 0.4) is 0 Å². The number of aliphatic carboxylic acids is 1. The maximum absolute atomic E-state index is 11.6. The number of rotatable bonds is 4. The number of benzene rings is 1. The summed E-state index contributed by atoms with van der Waals surface area (Å²) in [6.45, 7) is 0. The first-order valence-corrected chi connectivity index (χ1v) is 4.20. The van der Waals surface area contributed by atoms with Crippen LogP contribution >= 0.6 is 0 Å². The largest absolute Gasteiger partial charge is 0.477 e. The van der Waals surface area contributed by atoms with Crippen molar-refractivity contribution in [2.45, 2.75) is 0 Å². The molecular weight excluding hydrogens is 214 g/mol. The number of hydrogen-bond acceptors (Lipinski definition) is 4. The summed E-state index contributed by atoms with van der Waals surface area (Å²) < 4.78 is 0. The molecular formula is C10H7NO5. The molecule has 0 saturated carbocycles. The number of carboxylic acids is 1. The van der Waals surface area contributed by atoms with Gasteiger partial charge >= 0.3 is 5.97 Å². The molecule has 0 spiro atoms. The van der Waals surface area contributed by atoms with Crippen LogP contribution in [-0.4, -0.2) is 21.8 Å². The van der Waals surface area contributed by atoms with Crippen molar-refractivity contribution in [3.63, 3.8) is 0 Å². The van der Waals surface area contributed by atoms with E-state index >= 15 is 0 Å². The van der Waals surface area contributed by atoms with Crippen LogP contribution in [0.4, 0.5) is 0 Å². The molecule has 0 amide bonds. The number of hydrogen-bond donors (Lipinski definition) is 1. The van der Waals surface area contributed by atoms with Gasteiger partial charge in [-0.3, -0.25) is 14.9 Å². The van der Waals surface area contributed by atoms with Gasteiger partial charge in [0, 0.05) is 5.56 Å². The molecule has 0 fully saturated rings. The van der Waals surface area contributed by atoms with Gasteiger partial charge in [-0.15, -0.1) is 0 Å². The molecule has 1 rings (SSSR count). The predicted molar refractivity (Wildman–Crippen MR) is 53.5 cm³/mol. The van der Waals surface area contributed by atoms with Gasteiger partial charge in [0.05, 0.1) is 4.92 Å². The van der Waals surface area contributed by atoms with Gasteiger partial charge in [-0.25, -0.2) is 4.79 Å². The molecule has 16 heavy (non-hydrogen) atoms. The molecule has 0 aliphatic carbocycles. The lowest BCUT2D eigenvalue weighted by molar-refractivity contribution is -0.403. The average molecular weight is 221 g/mol. The molecule has 1 N–H and O–H groups in total. The maximum atomic E-state index is 11.6. The topological polar surface area (TPSA) is 97.5 Å². The highest BCUT2D eigenvalue weighted by molar-refractivity contribution is 6.23. The summed E-state index contributed by atoms with van der Waals surface area (Å²) in [4.78, 5) is 31.4. The minimum Gasteiger partial charge on any atom is -0.477 e. The van der Waals surface area contributed by atoms with Crippen LogP contribution in [0.15, 0.2) is 42.1 Å². The Morgan fingerprint density at radius 1 is 1.25 bits per heavy atom. The zero-order chi connectivity index (χ0) is 12.1. The maximum Gasteiger partial charge on any atom is 0.346 e. The van der Waals surface area contributed by atoms with Crippen molar-refractivity contribution in [2.24, 2.45) is 0 Å². The Labute approximate surface area is 90.0 Å². The van der Waals surface area contributed by atoms with E-state index in [2.05, 4.69) is 0 Å². The van der Waals surface area contributed by atoms with Crippen molar-refractivity contribution < 1.29 is 19.6 Å². The van der Waals surface area contributed by atoms with Gasteiger partial charge < -0.3 is 5.11 Å². The minimum absolute atomic E-state index is 0.0954. The molecule has 0 atom stereocenters. The lowest BCUT2D eigenvalue weighted by Crippen LogP contribution is -2.14. The number of carbonyl (C=O) groups excluding carboxylic acids is 1. The third kappa shape index (κ3) is 2.74. The van der Waals surface area contributed by atoms with E-state index in [4.69, 9.17) is 5.11 Å². The molecule has 0 radical (unpaired) electrons. The summed E-state index contributed by atoms with van der Waals surface area (Å²) in [6, 6.07) is 7.50. The summed E-state index contributed by atoms with van der Waals surface area (Å²) in [5.74, 6) is -2.50. The molecule has 0 bridgehead atoms. The van der Waals surface area contributed by atoms with Crippen molar-refractivity contribution in [3.8, 4) is 0 Å². The second-order valence-corrected chi connectivity index (χ2v) is 2.83. The van der Waals surface area contributed by atoms with Gasteiger partial charge in [0.1, 0.15) is 0 Å². The molecule has 0 saturated heterocycles. The quantitative estimate of drug-likeness (QED) is 0.205. The molecule has 0 unspecified atom stereocenters. The van der Waals surface area contributed by atoms with Crippen LogP contribution in [0.5, 0.6) is 0 Å². The Hall–Kier alpha value is -2.50. The third-order valence-corrected chi connectivity index (χ3v) is 1.75. The fraction of sp³-hybridized carbons (Fsp3) is 0. The number of nitrogens with zero attached hydrogens (tertiary/aromatic N) is 1. The number of carboxylic acid groups (broad SMARTS) is 1. The standard InChI is InChI=1S/C10H7NO5/c12-9(7-4-2-1-3-5-7)8(10(13)14)6-11(15)16/h1-6H,(H,13,14). The van der Waals surface area contributed by atoms with Crippen molar-refractivity contribution >= 4 is 11.8 Å². The highest BCUT2D eigenvalue weighted by atomic mass is 16.6. The van der Waals surface area contributed by atoms with Gasteiger partial charge in [-0.05, 0) is 0 Å². The Balaban J connectivity index is 3.12. The number of Topliss-reactive ketones (excluding diaryl/α,β-unsaturated/α-hetero) is 1. The van der Waals surface area contributed by atoms with E-state index in [1.165, 1.54) is 12.1 Å². The highest BCUT2D eigenvalue weighted by Crippen LogP contribution is 2.08. The Kier molecular flexibility index (Phi) is 3.49. The third-order valence-electron chi connectivity index (χ3n) is 1.75. The summed E-state index contributed by atoms with van der Waals surface area (Å²) in [5.41, 5.74) is -0.769. The van der Waals surface area contributed by atoms with Gasteiger partial charge in [-0.2, -0.15) is 0 Å². The van der Waals surface area contributed by atoms with Gasteiger partial charge in [0.15, 0.2) is 5.57 Å². The van der Waals surface area contributed by atoms with E-state index < -0.39 is 22.2 Å². The van der Waals surface area contributed by atoms with Crippen molar-refractivity contribution in [1.82, 2.24) is 0 Å². The monoisotopic (exact) mass is 221 g/mol. The molecule has 1 aromatic carbocycles. The lowest BCUT2D eigenvalue weighted by atomic mass is 10.0. The Morgan fingerprint density at radius 2 is 1.81 bits per heavy atom. The van der Waals surface area contributed by atoms with Crippen molar-refractivity contribution in [3.05, 3.63) is 57.8 Å². The molecule has 0 aromatic heterocycles. The first kappa shape index (κ1) is 11.6. The first-order chi connectivity index (χ1) is 7.52. The second kappa shape index (κ2) is 4.83. The smallest absolute Gasteiger partial charge is 0.346 e. The molecule has 0 heterocycles.